The van der Waals surface area contributed by atoms with Crippen molar-refractivity contribution in [2.24, 2.45) is 5.92 Å². The molecule has 2 aliphatic carbocycles. The summed E-state index contributed by atoms with van der Waals surface area (Å²) in [5.41, 5.74) is 3.71. The fraction of sp³-hybridized carbons (Fsp3) is 0.333. The van der Waals surface area contributed by atoms with Gasteiger partial charge in [0, 0.05) is 28.6 Å². The summed E-state index contributed by atoms with van der Waals surface area (Å²) in [4.78, 5) is 12.6. The molecule has 2 saturated carbocycles. The molecule has 5 nitrogen and oxygen atoms in total. The second-order valence-corrected chi connectivity index (χ2v) is 7.55. The van der Waals surface area contributed by atoms with E-state index in [1.54, 1.807) is 6.20 Å². The number of benzene rings is 2. The van der Waals surface area contributed by atoms with Crippen molar-refractivity contribution in [3.8, 4) is 0 Å². The molecule has 0 bridgehead atoms. The number of hydrogen-bond acceptors (Lipinski definition) is 3. The van der Waals surface area contributed by atoms with Gasteiger partial charge in [0.2, 0.25) is 0 Å². The van der Waals surface area contributed by atoms with Crippen LogP contribution in [0.25, 0.3) is 10.9 Å². The Labute approximate surface area is 152 Å². The minimum atomic E-state index is -0.0714. The van der Waals surface area contributed by atoms with Gasteiger partial charge >= 0.3 is 0 Å². The van der Waals surface area contributed by atoms with Crippen LogP contribution in [0.5, 0.6) is 0 Å². The molecule has 2 atom stereocenters. The average Bonchev–Trinajstić information content (AvgIpc) is 3.57. The van der Waals surface area contributed by atoms with Crippen LogP contribution in [0, 0.1) is 5.92 Å². The molecule has 2 fully saturated rings. The first-order chi connectivity index (χ1) is 12.8. The second-order valence-electron chi connectivity index (χ2n) is 7.55. The Morgan fingerprint density at radius 3 is 3.00 bits per heavy atom. The lowest BCUT2D eigenvalue weighted by atomic mass is 10.1. The van der Waals surface area contributed by atoms with Crippen molar-refractivity contribution in [1.82, 2.24) is 15.5 Å². The van der Waals surface area contributed by atoms with E-state index in [-0.39, 0.29) is 5.91 Å². The number of nitrogens with zero attached hydrogens (tertiary/aromatic N) is 1. The van der Waals surface area contributed by atoms with Crippen molar-refractivity contribution in [1.29, 1.82) is 0 Å². The van der Waals surface area contributed by atoms with Gasteiger partial charge in [0.1, 0.15) is 0 Å². The van der Waals surface area contributed by atoms with Crippen LogP contribution in [0.2, 0.25) is 0 Å². The Bertz CT molecular complexity index is 959. The highest BCUT2D eigenvalue weighted by atomic mass is 16.1. The minimum absolute atomic E-state index is 0.0714. The Hall–Kier alpha value is -2.66. The topological polar surface area (TPSA) is 69.8 Å². The number of hydrogen-bond donors (Lipinski definition) is 3. The molecule has 0 radical (unpaired) electrons. The third-order valence-electron chi connectivity index (χ3n) is 5.43. The molecule has 132 valence electrons. The highest BCUT2D eigenvalue weighted by molar-refractivity contribution is 6.05. The van der Waals surface area contributed by atoms with Gasteiger partial charge in [-0.1, -0.05) is 12.1 Å². The van der Waals surface area contributed by atoms with E-state index in [1.807, 2.05) is 36.4 Å². The number of anilines is 1. The van der Waals surface area contributed by atoms with Crippen molar-refractivity contribution in [3.63, 3.8) is 0 Å². The summed E-state index contributed by atoms with van der Waals surface area (Å²) in [6, 6.07) is 14.4. The van der Waals surface area contributed by atoms with Gasteiger partial charge < -0.3 is 10.6 Å². The quantitative estimate of drug-likeness (QED) is 0.638. The summed E-state index contributed by atoms with van der Waals surface area (Å²) in [6.45, 7) is 1.15. The first-order valence-corrected chi connectivity index (χ1v) is 9.34. The van der Waals surface area contributed by atoms with E-state index in [0.29, 0.717) is 17.5 Å². The molecule has 5 rings (SSSR count). The molecule has 2 aliphatic rings. The number of H-pyrrole nitrogens is 1. The number of nitrogens with one attached hydrogen (secondary N) is 3. The van der Waals surface area contributed by atoms with Crippen LogP contribution in [-0.4, -0.2) is 28.7 Å². The molecular formula is C21H22N4O. The molecule has 1 heterocycles. The fourth-order valence-corrected chi connectivity index (χ4v) is 3.56. The van der Waals surface area contributed by atoms with Crippen LogP contribution in [0.15, 0.2) is 48.7 Å². The van der Waals surface area contributed by atoms with Crippen molar-refractivity contribution in [3.05, 3.63) is 59.8 Å². The van der Waals surface area contributed by atoms with Gasteiger partial charge in [-0.2, -0.15) is 5.10 Å². The lowest BCUT2D eigenvalue weighted by Gasteiger charge is -2.08. The zero-order valence-electron chi connectivity index (χ0n) is 14.5. The van der Waals surface area contributed by atoms with Gasteiger partial charge in [-0.05, 0) is 67.6 Å². The predicted molar refractivity (Wildman–Crippen MR) is 102 cm³/mol. The summed E-state index contributed by atoms with van der Waals surface area (Å²) in [5, 5.41) is 14.6. The first kappa shape index (κ1) is 15.6. The van der Waals surface area contributed by atoms with Crippen molar-refractivity contribution >= 4 is 22.5 Å². The average molecular weight is 346 g/mol. The van der Waals surface area contributed by atoms with Crippen LogP contribution >= 0.6 is 0 Å². The number of rotatable bonds is 6. The summed E-state index contributed by atoms with van der Waals surface area (Å²) >= 11 is 0. The van der Waals surface area contributed by atoms with E-state index in [0.717, 1.165) is 29.1 Å². The number of fused-ring (bicyclic) bond motifs is 1. The molecule has 5 heteroatoms. The highest BCUT2D eigenvalue weighted by Crippen LogP contribution is 2.41. The summed E-state index contributed by atoms with van der Waals surface area (Å²) < 4.78 is 0. The SMILES string of the molecule is O=C(Nc1ccc2[nH]ncc2c1)c1cccc(C2CC2NCC2CC2)c1. The normalized spacial score (nSPS) is 21.7. The maximum Gasteiger partial charge on any atom is 0.255 e. The van der Waals surface area contributed by atoms with E-state index >= 15 is 0 Å². The Morgan fingerprint density at radius 2 is 2.12 bits per heavy atom. The lowest BCUT2D eigenvalue weighted by molar-refractivity contribution is 0.102. The standard InChI is InChI=1S/C21H22N4O/c26-21(24-17-6-7-19-16(9-17)12-23-25-19)15-3-1-2-14(8-15)18-10-20(18)22-11-13-4-5-13/h1-3,6-9,12-13,18,20,22H,4-5,10-11H2,(H,23,25)(H,24,26). The van der Waals surface area contributed by atoms with Crippen LogP contribution < -0.4 is 10.6 Å². The number of aromatic amines is 1. The molecule has 1 amide bonds. The highest BCUT2D eigenvalue weighted by Gasteiger charge is 2.39. The Morgan fingerprint density at radius 1 is 1.19 bits per heavy atom. The summed E-state index contributed by atoms with van der Waals surface area (Å²) in [5.74, 6) is 1.38. The maximum atomic E-state index is 12.6. The maximum absolute atomic E-state index is 12.6. The van der Waals surface area contributed by atoms with Gasteiger partial charge in [-0.15, -0.1) is 0 Å². The molecule has 3 aromatic rings. The third kappa shape index (κ3) is 3.22. The molecule has 3 N–H and O–H groups in total. The molecule has 0 saturated heterocycles. The van der Waals surface area contributed by atoms with Crippen molar-refractivity contribution in [2.45, 2.75) is 31.2 Å². The number of carbonyl (C=O) groups excluding carboxylic acids is 1. The third-order valence-corrected chi connectivity index (χ3v) is 5.43. The van der Waals surface area contributed by atoms with Crippen LogP contribution in [0.4, 0.5) is 5.69 Å². The first-order valence-electron chi connectivity index (χ1n) is 9.34. The van der Waals surface area contributed by atoms with Crippen LogP contribution in [0.1, 0.15) is 41.1 Å². The van der Waals surface area contributed by atoms with E-state index in [9.17, 15) is 4.79 Å². The zero-order chi connectivity index (χ0) is 17.5. The van der Waals surface area contributed by atoms with E-state index in [4.69, 9.17) is 0 Å². The zero-order valence-corrected chi connectivity index (χ0v) is 14.5. The van der Waals surface area contributed by atoms with Gasteiger partial charge in [-0.25, -0.2) is 0 Å². The molecule has 2 unspecified atom stereocenters. The van der Waals surface area contributed by atoms with E-state index in [1.165, 1.54) is 24.8 Å². The Balaban J connectivity index is 1.26. The largest absolute Gasteiger partial charge is 0.322 e. The van der Waals surface area contributed by atoms with Gasteiger partial charge in [0.25, 0.3) is 5.91 Å². The summed E-state index contributed by atoms with van der Waals surface area (Å²) in [7, 11) is 0. The number of aromatic nitrogens is 2. The number of carbonyl (C=O) groups is 1. The molecule has 1 aromatic heterocycles. The van der Waals surface area contributed by atoms with Crippen LogP contribution in [-0.2, 0) is 0 Å². The molecular weight excluding hydrogens is 324 g/mol. The van der Waals surface area contributed by atoms with Gasteiger partial charge in [0.05, 0.1) is 11.7 Å². The molecule has 2 aromatic carbocycles. The second kappa shape index (κ2) is 6.25. The van der Waals surface area contributed by atoms with E-state index < -0.39 is 0 Å². The minimum Gasteiger partial charge on any atom is -0.322 e. The van der Waals surface area contributed by atoms with E-state index in [2.05, 4.69) is 26.9 Å². The Kier molecular flexibility index (Phi) is 3.75. The molecule has 0 spiro atoms. The van der Waals surface area contributed by atoms with Crippen molar-refractivity contribution < 1.29 is 4.79 Å². The number of amides is 1. The predicted octanol–water partition coefficient (Wildman–Crippen LogP) is 3.67. The monoisotopic (exact) mass is 346 g/mol. The van der Waals surface area contributed by atoms with Crippen LogP contribution in [0.3, 0.4) is 0 Å². The smallest absolute Gasteiger partial charge is 0.255 e. The summed E-state index contributed by atoms with van der Waals surface area (Å²) in [6.07, 6.45) is 5.69. The van der Waals surface area contributed by atoms with Gasteiger partial charge in [-0.3, -0.25) is 9.89 Å². The molecule has 26 heavy (non-hydrogen) atoms. The fourth-order valence-electron chi connectivity index (χ4n) is 3.56. The molecule has 0 aliphatic heterocycles. The lowest BCUT2D eigenvalue weighted by Crippen LogP contribution is -2.20. The van der Waals surface area contributed by atoms with Gasteiger partial charge in [0.15, 0.2) is 0 Å². The van der Waals surface area contributed by atoms with Crippen molar-refractivity contribution in [2.75, 3.05) is 11.9 Å².